The molecule has 112 valence electrons. The molecule has 7 heteroatoms. The summed E-state index contributed by atoms with van der Waals surface area (Å²) in [7, 11) is 0. The lowest BCUT2D eigenvalue weighted by molar-refractivity contribution is -0.139. The molecule has 1 aromatic carbocycles. The van der Waals surface area contributed by atoms with Crippen molar-refractivity contribution in [3.05, 3.63) is 30.1 Å². The Morgan fingerprint density at radius 3 is 2.62 bits per heavy atom. The van der Waals surface area contributed by atoms with Crippen LogP contribution < -0.4 is 0 Å². The van der Waals surface area contributed by atoms with Crippen LogP contribution in [0.3, 0.4) is 0 Å². The van der Waals surface area contributed by atoms with Gasteiger partial charge in [-0.25, -0.2) is 4.39 Å². The lowest BCUT2D eigenvalue weighted by atomic mass is 10.2. The van der Waals surface area contributed by atoms with Gasteiger partial charge in [-0.3, -0.25) is 4.79 Å². The van der Waals surface area contributed by atoms with Crippen molar-refractivity contribution in [3.8, 4) is 11.4 Å². The molecule has 0 saturated carbocycles. The van der Waals surface area contributed by atoms with Crippen LogP contribution in [-0.4, -0.2) is 33.1 Å². The largest absolute Gasteiger partial charge is 0.465 e. The number of rotatable bonds is 6. The molecule has 0 bridgehead atoms. The molecule has 0 radical (unpaired) electrons. The number of ether oxygens (including phenoxy) is 1. The monoisotopic (exact) mass is 309 g/mol. The number of esters is 1. The number of benzene rings is 1. The third kappa shape index (κ3) is 3.81. The Morgan fingerprint density at radius 2 is 2.00 bits per heavy atom. The standard InChI is InChI=1S/C14H16FN3O2S/c1-3-18-13(10-5-7-11(15)8-6-10)16-17-14(18)21-9-12(19)20-4-2/h5-8H,3-4,9H2,1-2H3. The van der Waals surface area contributed by atoms with Crippen molar-refractivity contribution in [2.75, 3.05) is 12.4 Å². The first-order chi connectivity index (χ1) is 10.2. The molecule has 2 rings (SSSR count). The molecule has 0 aliphatic heterocycles. The van der Waals surface area contributed by atoms with Crippen LogP contribution in [0.4, 0.5) is 4.39 Å². The van der Waals surface area contributed by atoms with Gasteiger partial charge in [0.15, 0.2) is 11.0 Å². The zero-order valence-corrected chi connectivity index (χ0v) is 12.7. The van der Waals surface area contributed by atoms with Gasteiger partial charge in [-0.1, -0.05) is 11.8 Å². The van der Waals surface area contributed by atoms with Gasteiger partial charge in [0.05, 0.1) is 12.4 Å². The number of aromatic nitrogens is 3. The highest BCUT2D eigenvalue weighted by atomic mass is 32.2. The smallest absolute Gasteiger partial charge is 0.316 e. The molecule has 0 fully saturated rings. The van der Waals surface area contributed by atoms with Gasteiger partial charge >= 0.3 is 5.97 Å². The van der Waals surface area contributed by atoms with Crippen LogP contribution >= 0.6 is 11.8 Å². The van der Waals surface area contributed by atoms with Crippen LogP contribution in [0.15, 0.2) is 29.4 Å². The Labute approximate surface area is 126 Å². The summed E-state index contributed by atoms with van der Waals surface area (Å²) in [4.78, 5) is 11.4. The van der Waals surface area contributed by atoms with Crippen molar-refractivity contribution in [3.63, 3.8) is 0 Å². The number of thioether (sulfide) groups is 1. The van der Waals surface area contributed by atoms with E-state index in [1.807, 2.05) is 11.5 Å². The minimum absolute atomic E-state index is 0.190. The Hall–Kier alpha value is -1.89. The number of nitrogens with zero attached hydrogens (tertiary/aromatic N) is 3. The van der Waals surface area contributed by atoms with Crippen molar-refractivity contribution in [2.45, 2.75) is 25.5 Å². The van der Waals surface area contributed by atoms with Gasteiger partial charge in [0, 0.05) is 12.1 Å². The lowest BCUT2D eigenvalue weighted by Gasteiger charge is -2.07. The quantitative estimate of drug-likeness (QED) is 0.606. The number of halogens is 1. The molecule has 0 aliphatic rings. The lowest BCUT2D eigenvalue weighted by Crippen LogP contribution is -2.08. The molecule has 0 amide bonds. The maximum Gasteiger partial charge on any atom is 0.316 e. The number of carbonyl (C=O) groups is 1. The number of carbonyl (C=O) groups excluding carboxylic acids is 1. The van der Waals surface area contributed by atoms with E-state index in [2.05, 4.69) is 10.2 Å². The average Bonchev–Trinajstić information content (AvgIpc) is 2.89. The molecule has 0 unspecified atom stereocenters. The van der Waals surface area contributed by atoms with Crippen LogP contribution in [0.2, 0.25) is 0 Å². The normalized spacial score (nSPS) is 10.6. The van der Waals surface area contributed by atoms with E-state index in [4.69, 9.17) is 4.74 Å². The molecule has 0 saturated heterocycles. The van der Waals surface area contributed by atoms with Crippen LogP contribution in [0.1, 0.15) is 13.8 Å². The van der Waals surface area contributed by atoms with Crippen molar-refractivity contribution < 1.29 is 13.9 Å². The second kappa shape index (κ2) is 7.21. The molecular weight excluding hydrogens is 293 g/mol. The molecule has 0 spiro atoms. The molecule has 2 aromatic rings. The highest BCUT2D eigenvalue weighted by Gasteiger charge is 2.14. The van der Waals surface area contributed by atoms with Crippen molar-refractivity contribution in [1.29, 1.82) is 0 Å². The maximum atomic E-state index is 13.0. The summed E-state index contributed by atoms with van der Waals surface area (Å²) in [6.45, 7) is 4.75. The molecule has 0 N–H and O–H groups in total. The first kappa shape index (κ1) is 15.5. The second-order valence-corrected chi connectivity index (χ2v) is 5.09. The molecule has 0 atom stereocenters. The fraction of sp³-hybridized carbons (Fsp3) is 0.357. The zero-order chi connectivity index (χ0) is 15.2. The van der Waals surface area contributed by atoms with E-state index in [0.29, 0.717) is 24.1 Å². The summed E-state index contributed by atoms with van der Waals surface area (Å²) in [6, 6.07) is 6.08. The molecule has 1 heterocycles. The van der Waals surface area contributed by atoms with Crippen LogP contribution in [0.5, 0.6) is 0 Å². The Kier molecular flexibility index (Phi) is 5.32. The van der Waals surface area contributed by atoms with E-state index in [1.165, 1.54) is 23.9 Å². The van der Waals surface area contributed by atoms with Gasteiger partial charge in [-0.2, -0.15) is 0 Å². The fourth-order valence-corrected chi connectivity index (χ4v) is 2.62. The van der Waals surface area contributed by atoms with Gasteiger partial charge in [0.2, 0.25) is 0 Å². The third-order valence-corrected chi connectivity index (χ3v) is 3.70. The van der Waals surface area contributed by atoms with Crippen molar-refractivity contribution in [2.24, 2.45) is 0 Å². The van der Waals surface area contributed by atoms with E-state index in [-0.39, 0.29) is 17.5 Å². The fourth-order valence-electron chi connectivity index (χ4n) is 1.82. The van der Waals surface area contributed by atoms with E-state index < -0.39 is 0 Å². The SMILES string of the molecule is CCOC(=O)CSc1nnc(-c2ccc(F)cc2)n1CC. The first-order valence-corrected chi connectivity index (χ1v) is 7.61. The summed E-state index contributed by atoms with van der Waals surface area (Å²) >= 11 is 1.28. The van der Waals surface area contributed by atoms with Gasteiger partial charge < -0.3 is 9.30 Å². The predicted octanol–water partition coefficient (Wildman–Crippen LogP) is 2.76. The van der Waals surface area contributed by atoms with E-state index in [0.717, 1.165) is 5.56 Å². The zero-order valence-electron chi connectivity index (χ0n) is 11.9. The molecule has 21 heavy (non-hydrogen) atoms. The molecule has 5 nitrogen and oxygen atoms in total. The van der Waals surface area contributed by atoms with Gasteiger partial charge in [0.25, 0.3) is 0 Å². The molecule has 1 aromatic heterocycles. The highest BCUT2D eigenvalue weighted by Crippen LogP contribution is 2.24. The van der Waals surface area contributed by atoms with E-state index in [1.54, 1.807) is 19.1 Å². The summed E-state index contributed by atoms with van der Waals surface area (Å²) in [6.07, 6.45) is 0. The predicted molar refractivity (Wildman–Crippen MR) is 78.4 cm³/mol. The van der Waals surface area contributed by atoms with Crippen molar-refractivity contribution in [1.82, 2.24) is 14.8 Å². The minimum atomic E-state index is -0.293. The Morgan fingerprint density at radius 1 is 1.29 bits per heavy atom. The van der Waals surface area contributed by atoms with Crippen LogP contribution in [-0.2, 0) is 16.1 Å². The summed E-state index contributed by atoms with van der Waals surface area (Å²) in [5, 5.41) is 8.86. The molecular formula is C14H16FN3O2S. The van der Waals surface area contributed by atoms with Gasteiger partial charge in [-0.15, -0.1) is 10.2 Å². The minimum Gasteiger partial charge on any atom is -0.465 e. The number of hydrogen-bond donors (Lipinski definition) is 0. The Bertz CT molecular complexity index is 613. The first-order valence-electron chi connectivity index (χ1n) is 6.63. The number of hydrogen-bond acceptors (Lipinski definition) is 5. The van der Waals surface area contributed by atoms with Crippen LogP contribution in [0, 0.1) is 5.82 Å². The Balaban J connectivity index is 2.18. The second-order valence-electron chi connectivity index (χ2n) is 4.15. The molecule has 0 aliphatic carbocycles. The average molecular weight is 309 g/mol. The van der Waals surface area contributed by atoms with E-state index >= 15 is 0 Å². The highest BCUT2D eigenvalue weighted by molar-refractivity contribution is 7.99. The van der Waals surface area contributed by atoms with Crippen molar-refractivity contribution >= 4 is 17.7 Å². The van der Waals surface area contributed by atoms with Crippen LogP contribution in [0.25, 0.3) is 11.4 Å². The third-order valence-electron chi connectivity index (χ3n) is 2.76. The summed E-state index contributed by atoms with van der Waals surface area (Å²) < 4.78 is 19.7. The van der Waals surface area contributed by atoms with Gasteiger partial charge in [0.1, 0.15) is 5.82 Å². The van der Waals surface area contributed by atoms with Gasteiger partial charge in [-0.05, 0) is 38.1 Å². The maximum absolute atomic E-state index is 13.0. The summed E-state index contributed by atoms with van der Waals surface area (Å²) in [5.41, 5.74) is 0.786. The summed E-state index contributed by atoms with van der Waals surface area (Å²) in [5.74, 6) is 0.272. The van der Waals surface area contributed by atoms with E-state index in [9.17, 15) is 9.18 Å². The topological polar surface area (TPSA) is 57.0 Å².